The van der Waals surface area contributed by atoms with E-state index in [4.69, 9.17) is 0 Å². The summed E-state index contributed by atoms with van der Waals surface area (Å²) >= 11 is 0. The van der Waals surface area contributed by atoms with Gasteiger partial charge in [-0.15, -0.1) is 0 Å². The largest absolute Gasteiger partial charge is 0.349 e. The molecule has 30 heavy (non-hydrogen) atoms. The van der Waals surface area contributed by atoms with Crippen molar-refractivity contribution in [2.45, 2.75) is 50.0 Å². The molecule has 4 rings (SSSR count). The summed E-state index contributed by atoms with van der Waals surface area (Å²) in [5.41, 5.74) is 0.151. The SMILES string of the molecule is O=C(NC1CCN(C(=O)C2(c3cccc(F)c3)CCCC2)CC1)c1ccccc1F. The van der Waals surface area contributed by atoms with Crippen LogP contribution >= 0.6 is 0 Å². The quantitative estimate of drug-likeness (QED) is 0.818. The number of likely N-dealkylation sites (tertiary alicyclic amines) is 1. The number of nitrogens with zero attached hydrogens (tertiary/aromatic N) is 1. The van der Waals surface area contributed by atoms with Crippen LogP contribution in [0.2, 0.25) is 0 Å². The first-order valence-corrected chi connectivity index (χ1v) is 10.6. The summed E-state index contributed by atoms with van der Waals surface area (Å²) in [5.74, 6) is -1.23. The number of amides is 2. The van der Waals surface area contributed by atoms with Gasteiger partial charge in [0.25, 0.3) is 5.91 Å². The van der Waals surface area contributed by atoms with E-state index in [9.17, 15) is 18.4 Å². The molecule has 0 radical (unpaired) electrons. The van der Waals surface area contributed by atoms with Gasteiger partial charge in [-0.2, -0.15) is 0 Å². The van der Waals surface area contributed by atoms with E-state index >= 15 is 0 Å². The molecule has 0 bridgehead atoms. The molecule has 0 spiro atoms. The lowest BCUT2D eigenvalue weighted by Gasteiger charge is -2.39. The molecule has 0 unspecified atom stereocenters. The van der Waals surface area contributed by atoms with E-state index in [0.717, 1.165) is 31.2 Å². The molecular weight excluding hydrogens is 386 g/mol. The second kappa shape index (κ2) is 8.54. The highest BCUT2D eigenvalue weighted by Gasteiger charge is 2.45. The van der Waals surface area contributed by atoms with E-state index in [1.54, 1.807) is 18.2 Å². The second-order valence-corrected chi connectivity index (χ2v) is 8.32. The zero-order chi connectivity index (χ0) is 21.1. The topological polar surface area (TPSA) is 49.4 Å². The van der Waals surface area contributed by atoms with E-state index in [1.807, 2.05) is 11.0 Å². The molecule has 2 fully saturated rings. The first-order valence-electron chi connectivity index (χ1n) is 10.6. The number of nitrogens with one attached hydrogen (secondary N) is 1. The normalized spacial score (nSPS) is 18.9. The third kappa shape index (κ3) is 3.95. The Labute approximate surface area is 175 Å². The third-order valence-electron chi connectivity index (χ3n) is 6.48. The van der Waals surface area contributed by atoms with Crippen molar-refractivity contribution in [2.24, 2.45) is 0 Å². The van der Waals surface area contributed by atoms with E-state index < -0.39 is 17.1 Å². The van der Waals surface area contributed by atoms with Crippen LogP contribution in [0.25, 0.3) is 0 Å². The molecule has 1 aliphatic heterocycles. The van der Waals surface area contributed by atoms with E-state index in [2.05, 4.69) is 5.32 Å². The number of carbonyl (C=O) groups excluding carboxylic acids is 2. The molecule has 1 N–H and O–H groups in total. The van der Waals surface area contributed by atoms with Crippen LogP contribution in [0.1, 0.15) is 54.4 Å². The van der Waals surface area contributed by atoms with Gasteiger partial charge in [-0.3, -0.25) is 9.59 Å². The van der Waals surface area contributed by atoms with Gasteiger partial charge in [0.05, 0.1) is 11.0 Å². The first-order chi connectivity index (χ1) is 14.5. The number of hydrogen-bond donors (Lipinski definition) is 1. The van der Waals surface area contributed by atoms with Crippen LogP contribution in [-0.2, 0) is 10.2 Å². The third-order valence-corrected chi connectivity index (χ3v) is 6.48. The fourth-order valence-electron chi connectivity index (χ4n) is 4.83. The van der Waals surface area contributed by atoms with Gasteiger partial charge < -0.3 is 10.2 Å². The van der Waals surface area contributed by atoms with Crippen molar-refractivity contribution in [3.63, 3.8) is 0 Å². The molecule has 1 heterocycles. The van der Waals surface area contributed by atoms with Gasteiger partial charge >= 0.3 is 0 Å². The first kappa shape index (κ1) is 20.5. The Morgan fingerprint density at radius 2 is 1.67 bits per heavy atom. The van der Waals surface area contributed by atoms with E-state index in [1.165, 1.54) is 24.3 Å². The average molecular weight is 412 g/mol. The lowest BCUT2D eigenvalue weighted by Crippen LogP contribution is -2.52. The van der Waals surface area contributed by atoms with E-state index in [0.29, 0.717) is 25.9 Å². The zero-order valence-corrected chi connectivity index (χ0v) is 16.9. The van der Waals surface area contributed by atoms with Crippen molar-refractivity contribution in [1.82, 2.24) is 10.2 Å². The highest BCUT2D eigenvalue weighted by atomic mass is 19.1. The highest BCUT2D eigenvalue weighted by Crippen LogP contribution is 2.43. The monoisotopic (exact) mass is 412 g/mol. The molecule has 1 saturated carbocycles. The van der Waals surface area contributed by atoms with Crippen molar-refractivity contribution in [2.75, 3.05) is 13.1 Å². The minimum absolute atomic E-state index is 0.0343. The maximum Gasteiger partial charge on any atom is 0.254 e. The zero-order valence-electron chi connectivity index (χ0n) is 16.9. The Balaban J connectivity index is 1.41. The standard InChI is InChI=1S/C24H26F2N2O2/c25-18-7-5-6-17(16-18)24(12-3-4-13-24)23(30)28-14-10-19(11-15-28)27-22(29)20-8-1-2-9-21(20)26/h1-2,5-9,16,19H,3-4,10-15H2,(H,27,29). The molecule has 2 aromatic rings. The van der Waals surface area contributed by atoms with E-state index in [-0.39, 0.29) is 23.3 Å². The maximum atomic E-state index is 13.8. The van der Waals surface area contributed by atoms with Gasteiger partial charge in [0.2, 0.25) is 5.91 Å². The summed E-state index contributed by atoms with van der Waals surface area (Å²) in [6.07, 6.45) is 4.61. The van der Waals surface area contributed by atoms with Crippen LogP contribution < -0.4 is 5.32 Å². The van der Waals surface area contributed by atoms with Gasteiger partial charge in [-0.1, -0.05) is 37.1 Å². The molecule has 0 aromatic heterocycles. The number of carbonyl (C=O) groups is 2. The lowest BCUT2D eigenvalue weighted by atomic mass is 9.77. The highest BCUT2D eigenvalue weighted by molar-refractivity contribution is 5.94. The predicted molar refractivity (Wildman–Crippen MR) is 110 cm³/mol. The average Bonchev–Trinajstić information content (AvgIpc) is 3.25. The minimum Gasteiger partial charge on any atom is -0.349 e. The van der Waals surface area contributed by atoms with Gasteiger partial charge in [-0.25, -0.2) is 8.78 Å². The predicted octanol–water partition coefficient (Wildman–Crippen LogP) is 4.20. The molecular formula is C24H26F2N2O2. The van der Waals surface area contributed by atoms with Crippen LogP contribution in [0.4, 0.5) is 8.78 Å². The molecule has 1 aliphatic carbocycles. The Hall–Kier alpha value is -2.76. The molecule has 4 nitrogen and oxygen atoms in total. The van der Waals surface area contributed by atoms with Crippen molar-refractivity contribution in [1.29, 1.82) is 0 Å². The summed E-state index contributed by atoms with van der Waals surface area (Å²) < 4.78 is 27.7. The number of hydrogen-bond acceptors (Lipinski definition) is 2. The summed E-state index contributed by atoms with van der Waals surface area (Å²) in [4.78, 5) is 27.7. The summed E-state index contributed by atoms with van der Waals surface area (Å²) in [7, 11) is 0. The Morgan fingerprint density at radius 3 is 2.33 bits per heavy atom. The maximum absolute atomic E-state index is 13.8. The lowest BCUT2D eigenvalue weighted by molar-refractivity contribution is -0.138. The van der Waals surface area contributed by atoms with Gasteiger partial charge in [0.15, 0.2) is 0 Å². The summed E-state index contributed by atoms with van der Waals surface area (Å²) in [6, 6.07) is 12.2. The molecule has 6 heteroatoms. The fraction of sp³-hybridized carbons (Fsp3) is 0.417. The van der Waals surface area contributed by atoms with Crippen molar-refractivity contribution in [3.05, 3.63) is 71.3 Å². The number of halogens is 2. The number of rotatable bonds is 4. The number of benzene rings is 2. The molecule has 2 amide bonds. The van der Waals surface area contributed by atoms with Crippen molar-refractivity contribution in [3.8, 4) is 0 Å². The van der Waals surface area contributed by atoms with Gasteiger partial charge in [0, 0.05) is 19.1 Å². The molecule has 0 atom stereocenters. The molecule has 158 valence electrons. The van der Waals surface area contributed by atoms with Crippen molar-refractivity contribution >= 4 is 11.8 Å². The summed E-state index contributed by atoms with van der Waals surface area (Å²) in [6.45, 7) is 1.05. The van der Waals surface area contributed by atoms with Crippen LogP contribution in [0.5, 0.6) is 0 Å². The summed E-state index contributed by atoms with van der Waals surface area (Å²) in [5, 5.41) is 2.89. The minimum atomic E-state index is -0.647. The van der Waals surface area contributed by atoms with Crippen molar-refractivity contribution < 1.29 is 18.4 Å². The van der Waals surface area contributed by atoms with Crippen LogP contribution in [0.15, 0.2) is 48.5 Å². The van der Waals surface area contributed by atoms with Crippen LogP contribution in [0, 0.1) is 11.6 Å². The second-order valence-electron chi connectivity index (χ2n) is 8.32. The Morgan fingerprint density at radius 1 is 0.967 bits per heavy atom. The van der Waals surface area contributed by atoms with Gasteiger partial charge in [-0.05, 0) is 55.5 Å². The molecule has 1 saturated heterocycles. The van der Waals surface area contributed by atoms with Crippen LogP contribution in [-0.4, -0.2) is 35.8 Å². The molecule has 2 aliphatic rings. The number of piperidine rings is 1. The Bertz CT molecular complexity index is 932. The van der Waals surface area contributed by atoms with Gasteiger partial charge in [0.1, 0.15) is 11.6 Å². The van der Waals surface area contributed by atoms with Crippen LogP contribution in [0.3, 0.4) is 0 Å². The molecule has 2 aromatic carbocycles. The Kier molecular flexibility index (Phi) is 5.84. The fourth-order valence-corrected chi connectivity index (χ4v) is 4.83. The smallest absolute Gasteiger partial charge is 0.254 e.